The average molecular weight is 916 g/mol. The van der Waals surface area contributed by atoms with E-state index in [1.165, 1.54) is 19.7 Å². The smallest absolute Gasteiger partial charge is 0.407 e. The second-order valence-corrected chi connectivity index (χ2v) is 19.6. The van der Waals surface area contributed by atoms with Crippen molar-refractivity contribution in [2.75, 3.05) is 45.4 Å². The van der Waals surface area contributed by atoms with Crippen molar-refractivity contribution >= 4 is 51.8 Å². The number of carboxylic acid groups (broad SMARTS) is 1. The number of aromatic nitrogens is 4. The third-order valence-corrected chi connectivity index (χ3v) is 14.8. The van der Waals surface area contributed by atoms with Gasteiger partial charge < -0.3 is 44.6 Å². The summed E-state index contributed by atoms with van der Waals surface area (Å²) in [7, 11) is 2.77. The highest BCUT2D eigenvalue weighted by Crippen LogP contribution is 2.48. The second kappa shape index (κ2) is 19.2. The molecule has 4 amide bonds. The van der Waals surface area contributed by atoms with E-state index in [4.69, 9.17) is 19.4 Å². The Bertz CT molecular complexity index is 2600. The summed E-state index contributed by atoms with van der Waals surface area (Å²) in [6.07, 6.45) is 5.28. The molecule has 0 spiro atoms. The zero-order valence-electron chi connectivity index (χ0n) is 39.5. The van der Waals surface area contributed by atoms with Crippen LogP contribution >= 0.6 is 0 Å². The number of fused-ring (bicyclic) bond motifs is 2. The zero-order valence-corrected chi connectivity index (χ0v) is 39.5. The van der Waals surface area contributed by atoms with Gasteiger partial charge in [-0.1, -0.05) is 52.0 Å². The van der Waals surface area contributed by atoms with Crippen molar-refractivity contribution < 1.29 is 33.8 Å². The summed E-state index contributed by atoms with van der Waals surface area (Å²) in [5.41, 5.74) is 8.28. The van der Waals surface area contributed by atoms with Crippen molar-refractivity contribution in [1.82, 2.24) is 40.0 Å². The molecular weight excluding hydrogens is 851 g/mol. The Morgan fingerprint density at radius 1 is 0.716 bits per heavy atom. The van der Waals surface area contributed by atoms with Crippen LogP contribution in [0.3, 0.4) is 0 Å². The van der Waals surface area contributed by atoms with Gasteiger partial charge in [-0.15, -0.1) is 0 Å². The van der Waals surface area contributed by atoms with Gasteiger partial charge in [0.25, 0.3) is 0 Å². The molecule has 0 aliphatic carbocycles. The van der Waals surface area contributed by atoms with E-state index < -0.39 is 24.3 Å². The van der Waals surface area contributed by atoms with Gasteiger partial charge >= 0.3 is 12.2 Å². The molecule has 356 valence electrons. The number of ether oxygens (including phenoxy) is 2. The van der Waals surface area contributed by atoms with Crippen LogP contribution < -0.4 is 10.2 Å². The fourth-order valence-corrected chi connectivity index (χ4v) is 11.3. The lowest BCUT2D eigenvalue weighted by Crippen LogP contribution is -2.51. The highest BCUT2D eigenvalue weighted by Gasteiger charge is 2.41. The fourth-order valence-electron chi connectivity index (χ4n) is 11.3. The number of H-pyrrole nitrogens is 2. The number of nitrogens with zero attached hydrogens (tertiary/aromatic N) is 6. The summed E-state index contributed by atoms with van der Waals surface area (Å²) >= 11 is 0. The predicted molar refractivity (Wildman–Crippen MR) is 255 cm³/mol. The normalized spacial score (nSPS) is 22.3. The van der Waals surface area contributed by atoms with Gasteiger partial charge in [-0.2, -0.15) is 0 Å². The highest BCUT2D eigenvalue weighted by atomic mass is 16.5. The Hall–Kier alpha value is -6.16. The summed E-state index contributed by atoms with van der Waals surface area (Å²) < 4.78 is 10.5. The molecule has 2 unspecified atom stereocenters. The minimum absolute atomic E-state index is 0.0492. The van der Waals surface area contributed by atoms with E-state index in [0.717, 1.165) is 120 Å². The number of carbonyl (C=O) groups excluding carboxylic acids is 3. The SMILES string of the molecule is COC(=O)N[C@H](C(=O)N1CCC[C@H]1c1nc2cc(C3CCC(c4ccc5nc([C@@H]6CCCN6C(=O)[C@H](C(C)C)N(C)C(=O)O)[nH]c5c4)N3c3ccc(C4CCOCC4)cc3)ccc2[nH]1)C(C)C. The first-order valence-corrected chi connectivity index (χ1v) is 24.2. The van der Waals surface area contributed by atoms with Crippen LogP contribution in [0.25, 0.3) is 22.1 Å². The first-order chi connectivity index (χ1) is 32.3. The standard InChI is InChI=1S/C51H65N9O7/c1-29(2)44(56-50(63)66-6)48(61)58-23-7-9-42(58)46-52-36-17-13-33(27-38(36)54-46)40-19-20-41(60(40)35-15-11-31(12-16-35)32-21-25-67-26-22-32)34-14-18-37-39(28-34)55-47(53-37)43-10-8-24-59(43)49(62)45(30(3)4)57(5)51(64)65/h11-18,27-30,32,40-45H,7-10,19-26H2,1-6H3,(H,52,54)(H,53,55)(H,56,63)(H,64,65)/t40?,41?,42-,43-,44-,45-/m0/s1. The van der Waals surface area contributed by atoms with Crippen molar-refractivity contribution in [2.45, 2.75) is 121 Å². The Kier molecular flexibility index (Phi) is 13.2. The van der Waals surface area contributed by atoms with Crippen molar-refractivity contribution in [3.05, 3.63) is 89.0 Å². The molecule has 9 rings (SSSR count). The van der Waals surface area contributed by atoms with Crippen LogP contribution in [0.2, 0.25) is 0 Å². The molecule has 4 aliphatic heterocycles. The maximum atomic E-state index is 14.0. The molecule has 2 aromatic heterocycles. The molecule has 4 N–H and O–H groups in total. The van der Waals surface area contributed by atoms with Gasteiger partial charge in [0.15, 0.2) is 0 Å². The molecule has 6 atom stereocenters. The summed E-state index contributed by atoms with van der Waals surface area (Å²) in [5, 5.41) is 12.5. The van der Waals surface area contributed by atoms with Gasteiger partial charge in [-0.05, 0) is 122 Å². The number of carbonyl (C=O) groups is 4. The van der Waals surface area contributed by atoms with Crippen LogP contribution in [-0.4, -0.2) is 116 Å². The highest BCUT2D eigenvalue weighted by molar-refractivity contribution is 5.87. The molecule has 67 heavy (non-hydrogen) atoms. The van der Waals surface area contributed by atoms with Gasteiger partial charge in [-0.3, -0.25) is 14.5 Å². The lowest BCUT2D eigenvalue weighted by atomic mass is 9.91. The number of methoxy groups -OCH3 is 1. The third-order valence-electron chi connectivity index (χ3n) is 14.8. The molecule has 0 saturated carbocycles. The third kappa shape index (κ3) is 9.04. The minimum Gasteiger partial charge on any atom is -0.465 e. The van der Waals surface area contributed by atoms with Crippen LogP contribution in [0.4, 0.5) is 15.3 Å². The first kappa shape index (κ1) is 46.0. The number of benzene rings is 3. The van der Waals surface area contributed by atoms with Gasteiger partial charge in [-0.25, -0.2) is 19.6 Å². The van der Waals surface area contributed by atoms with E-state index in [1.54, 1.807) is 0 Å². The van der Waals surface area contributed by atoms with E-state index in [0.29, 0.717) is 19.0 Å². The number of hydrogen-bond donors (Lipinski definition) is 4. The van der Waals surface area contributed by atoms with Gasteiger partial charge in [0.2, 0.25) is 11.8 Å². The van der Waals surface area contributed by atoms with Crippen molar-refractivity contribution in [1.29, 1.82) is 0 Å². The van der Waals surface area contributed by atoms with E-state index in [-0.39, 0.29) is 47.8 Å². The number of nitrogens with one attached hydrogen (secondary N) is 3. The molecule has 0 bridgehead atoms. The Labute approximate surface area is 391 Å². The number of alkyl carbamates (subject to hydrolysis) is 1. The molecule has 16 nitrogen and oxygen atoms in total. The number of likely N-dealkylation sites (tertiary alicyclic amines) is 2. The minimum atomic E-state index is -1.12. The summed E-state index contributed by atoms with van der Waals surface area (Å²) in [6.45, 7) is 10.3. The van der Waals surface area contributed by atoms with Crippen molar-refractivity contribution in [3.63, 3.8) is 0 Å². The van der Waals surface area contributed by atoms with Crippen LogP contribution in [0.1, 0.15) is 137 Å². The molecule has 0 radical (unpaired) electrons. The summed E-state index contributed by atoms with van der Waals surface area (Å²) in [6, 6.07) is 20.2. The molecule has 3 aromatic carbocycles. The van der Waals surface area contributed by atoms with Gasteiger partial charge in [0.1, 0.15) is 23.7 Å². The van der Waals surface area contributed by atoms with Gasteiger partial charge in [0.05, 0.1) is 53.3 Å². The topological polar surface area (TPSA) is 189 Å². The lowest BCUT2D eigenvalue weighted by Gasteiger charge is -2.34. The molecule has 5 aromatic rings. The molecule has 4 fully saturated rings. The van der Waals surface area contributed by atoms with Crippen molar-refractivity contribution in [3.8, 4) is 0 Å². The van der Waals surface area contributed by atoms with Crippen molar-refractivity contribution in [2.24, 2.45) is 11.8 Å². The maximum absolute atomic E-state index is 14.0. The van der Waals surface area contributed by atoms with Crippen LogP contribution in [-0.2, 0) is 19.1 Å². The number of likely N-dealkylation sites (N-methyl/N-ethyl adjacent to an activating group) is 1. The number of rotatable bonds is 12. The summed E-state index contributed by atoms with van der Waals surface area (Å²) in [4.78, 5) is 76.7. The Morgan fingerprint density at radius 3 is 1.91 bits per heavy atom. The number of imidazole rings is 2. The Morgan fingerprint density at radius 2 is 1.30 bits per heavy atom. The monoisotopic (exact) mass is 916 g/mol. The summed E-state index contributed by atoms with van der Waals surface area (Å²) in [5.74, 6) is 1.30. The molecule has 4 saturated heterocycles. The number of aromatic amines is 2. The Balaban J connectivity index is 1.01. The maximum Gasteiger partial charge on any atom is 0.407 e. The largest absolute Gasteiger partial charge is 0.465 e. The van der Waals surface area contributed by atoms with Crippen LogP contribution in [0, 0.1) is 11.8 Å². The molecule has 4 aliphatic rings. The number of hydrogen-bond acceptors (Lipinski definition) is 9. The lowest BCUT2D eigenvalue weighted by molar-refractivity contribution is -0.138. The first-order valence-electron chi connectivity index (χ1n) is 24.2. The van der Waals surface area contributed by atoms with E-state index >= 15 is 0 Å². The molecular formula is C51H65N9O7. The molecule has 16 heteroatoms. The average Bonchev–Trinajstić information content (AvgIpc) is 4.19. The molecule has 6 heterocycles. The van der Waals surface area contributed by atoms with E-state index in [1.807, 2.05) is 37.5 Å². The van der Waals surface area contributed by atoms with E-state index in [9.17, 15) is 24.3 Å². The number of amides is 4. The van der Waals surface area contributed by atoms with Gasteiger partial charge in [0, 0.05) is 39.0 Å². The zero-order chi connectivity index (χ0) is 47.1. The van der Waals surface area contributed by atoms with Crippen LogP contribution in [0.15, 0.2) is 60.7 Å². The second-order valence-electron chi connectivity index (χ2n) is 19.6. The fraction of sp³-hybridized carbons (Fsp3) is 0.529. The van der Waals surface area contributed by atoms with E-state index in [2.05, 4.69) is 80.8 Å². The number of anilines is 1. The predicted octanol–water partition coefficient (Wildman–Crippen LogP) is 8.76. The quantitative estimate of drug-likeness (QED) is 0.0942. The van der Waals surface area contributed by atoms with Crippen LogP contribution in [0.5, 0.6) is 0 Å².